The van der Waals surface area contributed by atoms with Gasteiger partial charge in [0, 0.05) is 31.2 Å². The highest BCUT2D eigenvalue weighted by molar-refractivity contribution is 5.16. The van der Waals surface area contributed by atoms with Crippen molar-refractivity contribution in [3.63, 3.8) is 0 Å². The van der Waals surface area contributed by atoms with Crippen molar-refractivity contribution in [1.29, 1.82) is 0 Å². The Morgan fingerprint density at radius 2 is 2.17 bits per heavy atom. The van der Waals surface area contributed by atoms with Gasteiger partial charge in [-0.3, -0.25) is 4.90 Å². The Labute approximate surface area is 111 Å². The summed E-state index contributed by atoms with van der Waals surface area (Å²) >= 11 is 0. The van der Waals surface area contributed by atoms with Crippen LogP contribution in [-0.4, -0.2) is 36.1 Å². The molecular formula is C16H24N2. The number of nitrogens with zero attached hydrogens (tertiary/aromatic N) is 1. The lowest BCUT2D eigenvalue weighted by Crippen LogP contribution is -2.58. The lowest BCUT2D eigenvalue weighted by atomic mass is 10.0. The molecule has 98 valence electrons. The van der Waals surface area contributed by atoms with Crippen LogP contribution in [0.1, 0.15) is 19.4 Å². The second-order valence-corrected chi connectivity index (χ2v) is 5.32. The van der Waals surface area contributed by atoms with Crippen LogP contribution in [-0.2, 0) is 6.42 Å². The molecular weight excluding hydrogens is 220 g/mol. The highest BCUT2D eigenvalue weighted by Crippen LogP contribution is 2.14. The standard InChI is InChI=1S/C16H24N2/c1-4-13(2)18-12-16(17-11-14(18)3)10-15-8-6-5-7-9-15/h4-9,13-14,16-17H,1,10-12H2,2-3H3. The average Bonchev–Trinajstić information content (AvgIpc) is 2.41. The third-order valence-electron chi connectivity index (χ3n) is 3.89. The molecule has 0 amide bonds. The van der Waals surface area contributed by atoms with Gasteiger partial charge in [-0.05, 0) is 25.8 Å². The van der Waals surface area contributed by atoms with Crippen molar-refractivity contribution in [2.75, 3.05) is 13.1 Å². The van der Waals surface area contributed by atoms with Crippen molar-refractivity contribution < 1.29 is 0 Å². The van der Waals surface area contributed by atoms with Gasteiger partial charge < -0.3 is 5.32 Å². The predicted octanol–water partition coefficient (Wildman–Crippen LogP) is 2.47. The van der Waals surface area contributed by atoms with Crippen molar-refractivity contribution in [2.45, 2.75) is 38.4 Å². The van der Waals surface area contributed by atoms with Gasteiger partial charge in [-0.25, -0.2) is 0 Å². The van der Waals surface area contributed by atoms with E-state index in [4.69, 9.17) is 0 Å². The number of hydrogen-bond donors (Lipinski definition) is 1. The second-order valence-electron chi connectivity index (χ2n) is 5.32. The van der Waals surface area contributed by atoms with E-state index >= 15 is 0 Å². The highest BCUT2D eigenvalue weighted by atomic mass is 15.2. The maximum Gasteiger partial charge on any atom is 0.0251 e. The number of piperazine rings is 1. The molecule has 3 unspecified atom stereocenters. The van der Waals surface area contributed by atoms with E-state index in [9.17, 15) is 0 Å². The highest BCUT2D eigenvalue weighted by Gasteiger charge is 2.27. The first-order chi connectivity index (χ1) is 8.70. The zero-order valence-corrected chi connectivity index (χ0v) is 11.5. The smallest absolute Gasteiger partial charge is 0.0251 e. The Hall–Kier alpha value is -1.12. The van der Waals surface area contributed by atoms with Crippen molar-refractivity contribution in [3.8, 4) is 0 Å². The summed E-state index contributed by atoms with van der Waals surface area (Å²) in [5.74, 6) is 0. The zero-order chi connectivity index (χ0) is 13.0. The van der Waals surface area contributed by atoms with E-state index in [1.807, 2.05) is 6.08 Å². The van der Waals surface area contributed by atoms with Crippen LogP contribution in [0, 0.1) is 0 Å². The number of nitrogens with one attached hydrogen (secondary N) is 1. The molecule has 0 spiro atoms. The molecule has 2 nitrogen and oxygen atoms in total. The van der Waals surface area contributed by atoms with Crippen molar-refractivity contribution >= 4 is 0 Å². The Morgan fingerprint density at radius 3 is 2.83 bits per heavy atom. The van der Waals surface area contributed by atoms with Gasteiger partial charge in [0.1, 0.15) is 0 Å². The van der Waals surface area contributed by atoms with E-state index in [1.165, 1.54) is 5.56 Å². The molecule has 1 fully saturated rings. The fourth-order valence-corrected chi connectivity index (χ4v) is 2.69. The van der Waals surface area contributed by atoms with Crippen LogP contribution in [0.3, 0.4) is 0 Å². The fourth-order valence-electron chi connectivity index (χ4n) is 2.69. The van der Waals surface area contributed by atoms with Crippen LogP contribution < -0.4 is 5.32 Å². The summed E-state index contributed by atoms with van der Waals surface area (Å²) in [6.45, 7) is 10.6. The van der Waals surface area contributed by atoms with E-state index in [1.54, 1.807) is 0 Å². The predicted molar refractivity (Wildman–Crippen MR) is 77.8 cm³/mol. The Kier molecular flexibility index (Phi) is 4.56. The molecule has 18 heavy (non-hydrogen) atoms. The van der Waals surface area contributed by atoms with Gasteiger partial charge >= 0.3 is 0 Å². The molecule has 0 saturated carbocycles. The third kappa shape index (κ3) is 3.21. The van der Waals surface area contributed by atoms with Crippen LogP contribution in [0.5, 0.6) is 0 Å². The first kappa shape index (κ1) is 13.3. The van der Waals surface area contributed by atoms with Crippen LogP contribution in [0.25, 0.3) is 0 Å². The summed E-state index contributed by atoms with van der Waals surface area (Å²) in [5, 5.41) is 3.65. The molecule has 1 saturated heterocycles. The van der Waals surface area contributed by atoms with Crippen LogP contribution in [0.15, 0.2) is 43.0 Å². The average molecular weight is 244 g/mol. The largest absolute Gasteiger partial charge is 0.311 e. The lowest BCUT2D eigenvalue weighted by molar-refractivity contribution is 0.119. The molecule has 2 rings (SSSR count). The number of benzene rings is 1. The van der Waals surface area contributed by atoms with Gasteiger partial charge in [0.25, 0.3) is 0 Å². The van der Waals surface area contributed by atoms with Crippen molar-refractivity contribution in [2.24, 2.45) is 0 Å². The van der Waals surface area contributed by atoms with Crippen LogP contribution in [0.2, 0.25) is 0 Å². The SMILES string of the molecule is C=CC(C)N1CC(Cc2ccccc2)NCC1C. The first-order valence-electron chi connectivity index (χ1n) is 6.86. The summed E-state index contributed by atoms with van der Waals surface area (Å²) in [6.07, 6.45) is 3.15. The summed E-state index contributed by atoms with van der Waals surface area (Å²) in [7, 11) is 0. The molecule has 0 bridgehead atoms. The van der Waals surface area contributed by atoms with Gasteiger partial charge in [-0.2, -0.15) is 0 Å². The van der Waals surface area contributed by atoms with Gasteiger partial charge in [0.15, 0.2) is 0 Å². The molecule has 3 atom stereocenters. The monoisotopic (exact) mass is 244 g/mol. The van der Waals surface area contributed by atoms with Crippen LogP contribution in [0.4, 0.5) is 0 Å². The van der Waals surface area contributed by atoms with Crippen LogP contribution >= 0.6 is 0 Å². The lowest BCUT2D eigenvalue weighted by Gasteiger charge is -2.41. The van der Waals surface area contributed by atoms with E-state index in [0.717, 1.165) is 19.5 Å². The Bertz CT molecular complexity index is 374. The molecule has 2 heteroatoms. The minimum atomic E-state index is 0.459. The third-order valence-corrected chi connectivity index (χ3v) is 3.89. The summed E-state index contributed by atoms with van der Waals surface area (Å²) in [4.78, 5) is 2.54. The normalized spacial score (nSPS) is 26.8. The second kappa shape index (κ2) is 6.17. The van der Waals surface area contributed by atoms with Crippen molar-refractivity contribution in [1.82, 2.24) is 10.2 Å². The van der Waals surface area contributed by atoms with E-state index in [-0.39, 0.29) is 0 Å². The molecule has 1 aromatic carbocycles. The fraction of sp³-hybridized carbons (Fsp3) is 0.500. The molecule has 1 heterocycles. The van der Waals surface area contributed by atoms with E-state index < -0.39 is 0 Å². The van der Waals surface area contributed by atoms with Gasteiger partial charge in [0.2, 0.25) is 0 Å². The summed E-state index contributed by atoms with van der Waals surface area (Å²) in [6, 6.07) is 12.3. The molecule has 1 aliphatic rings. The van der Waals surface area contributed by atoms with E-state index in [0.29, 0.717) is 18.1 Å². The maximum absolute atomic E-state index is 3.92. The van der Waals surface area contributed by atoms with Gasteiger partial charge in [-0.1, -0.05) is 36.4 Å². The molecule has 1 aliphatic heterocycles. The van der Waals surface area contributed by atoms with Crippen molar-refractivity contribution in [3.05, 3.63) is 48.6 Å². The summed E-state index contributed by atoms with van der Waals surface area (Å²) < 4.78 is 0. The van der Waals surface area contributed by atoms with Gasteiger partial charge in [-0.15, -0.1) is 6.58 Å². The topological polar surface area (TPSA) is 15.3 Å². The summed E-state index contributed by atoms with van der Waals surface area (Å²) in [5.41, 5.74) is 1.41. The minimum Gasteiger partial charge on any atom is -0.311 e. The number of rotatable bonds is 4. The zero-order valence-electron chi connectivity index (χ0n) is 11.5. The first-order valence-corrected chi connectivity index (χ1v) is 6.86. The minimum absolute atomic E-state index is 0.459. The van der Waals surface area contributed by atoms with E-state index in [2.05, 4.69) is 61.0 Å². The van der Waals surface area contributed by atoms with Gasteiger partial charge in [0.05, 0.1) is 0 Å². The molecule has 1 N–H and O–H groups in total. The Morgan fingerprint density at radius 1 is 1.44 bits per heavy atom. The molecule has 0 radical (unpaired) electrons. The number of hydrogen-bond acceptors (Lipinski definition) is 2. The molecule has 1 aromatic rings. The quantitative estimate of drug-likeness (QED) is 0.819. The Balaban J connectivity index is 1.97. The molecule has 0 aliphatic carbocycles. The maximum atomic E-state index is 3.92. The molecule has 0 aromatic heterocycles.